The van der Waals surface area contributed by atoms with Crippen LogP contribution < -0.4 is 43.0 Å². The van der Waals surface area contributed by atoms with Crippen molar-refractivity contribution in [1.29, 1.82) is 0 Å². The molecule has 17 nitrogen and oxygen atoms in total. The third-order valence-electron chi connectivity index (χ3n) is 10.2. The van der Waals surface area contributed by atoms with Crippen molar-refractivity contribution in [3.05, 3.63) is 60.2 Å². The van der Waals surface area contributed by atoms with Crippen LogP contribution in [0.3, 0.4) is 0 Å². The van der Waals surface area contributed by atoms with Gasteiger partial charge in [0, 0.05) is 42.9 Å². The zero-order valence-corrected chi connectivity index (χ0v) is 37.6. The number of rotatable bonds is 29. The second-order valence-electron chi connectivity index (χ2n) is 15.8. The normalized spacial score (nSPS) is 14.7. The van der Waals surface area contributed by atoms with E-state index in [1.807, 2.05) is 30.3 Å². The Hall–Kier alpha value is -5.65. The maximum Gasteiger partial charge on any atom is 0.312 e. The molecule has 2 aromatic rings. The number of urea groups is 1. The molecule has 1 aliphatic heterocycles. The van der Waals surface area contributed by atoms with E-state index in [9.17, 15) is 38.4 Å². The van der Waals surface area contributed by atoms with Gasteiger partial charge in [-0.15, -0.1) is 0 Å². The summed E-state index contributed by atoms with van der Waals surface area (Å²) in [6, 6.07) is 12.5. The summed E-state index contributed by atoms with van der Waals surface area (Å²) >= 11 is 1.75. The molecule has 0 bridgehead atoms. The van der Waals surface area contributed by atoms with Gasteiger partial charge in [-0.25, -0.2) is 4.79 Å². The number of carbonyl (C=O) groups is 8. The number of unbranched alkanes of at least 4 members (excludes halogenated alkanes) is 4. The Bertz CT molecular complexity index is 1800. The maximum atomic E-state index is 13.5. The quantitative estimate of drug-likeness (QED) is 0.0422. The van der Waals surface area contributed by atoms with E-state index in [1.165, 1.54) is 0 Å². The van der Waals surface area contributed by atoms with Gasteiger partial charge >= 0.3 is 12.0 Å². The Morgan fingerprint density at radius 3 is 2.03 bits per heavy atom. The molecule has 0 aliphatic carbocycles. The van der Waals surface area contributed by atoms with Gasteiger partial charge in [-0.3, -0.25) is 33.6 Å². The zero-order valence-electron chi connectivity index (χ0n) is 36.8. The Kier molecular flexibility index (Phi) is 23.7. The highest BCUT2D eigenvalue weighted by atomic mass is 32.2. The molecular weight excluding hydrogens is 829 g/mol. The molecule has 0 aromatic heterocycles. The minimum atomic E-state index is -0.969. The largest absolute Gasteiger partial charge is 0.466 e. The van der Waals surface area contributed by atoms with Crippen molar-refractivity contribution < 1.29 is 43.1 Å². The van der Waals surface area contributed by atoms with Gasteiger partial charge in [-0.05, 0) is 93.4 Å². The second-order valence-corrected chi connectivity index (χ2v) is 16.9. The first-order valence-electron chi connectivity index (χ1n) is 22.0. The minimum Gasteiger partial charge on any atom is -0.466 e. The number of amides is 8. The van der Waals surface area contributed by atoms with Crippen LogP contribution in [0.15, 0.2) is 54.6 Å². The van der Waals surface area contributed by atoms with Crippen LogP contribution in [-0.4, -0.2) is 90.5 Å². The standard InChI is InChI=1S/C45H66N8O9S/c1-4-62-39(56)20-12-6-11-19-37(54)53-40(30(2)3)44(60)52-35(18-14-27-47-45(46)61)42(58)49-33-23-21-31(22-24-33)29-63-28-13-7-10-17-34(41(57)48-32-15-8-5-9-16-32)51-43(59)36-25-26-38(55)50-36/h5,8-9,15-16,21-24,30,34-36,40H,4,6-7,10-14,17-20,25-29H2,1-3H3,(H,48,57)(H,49,58)(H,50,55)(H,51,59)(H,52,60)(H,53,54)(H3,46,47,61)/t34-,35-,36+,40-/m0/s1. The first-order chi connectivity index (χ1) is 30.2. The fraction of sp³-hybridized carbons (Fsp3) is 0.556. The van der Waals surface area contributed by atoms with Crippen LogP contribution in [0.2, 0.25) is 0 Å². The van der Waals surface area contributed by atoms with Gasteiger partial charge in [0.15, 0.2) is 0 Å². The highest BCUT2D eigenvalue weighted by Gasteiger charge is 2.31. The average Bonchev–Trinajstić information content (AvgIpc) is 3.69. The Labute approximate surface area is 374 Å². The van der Waals surface area contributed by atoms with Gasteiger partial charge in [-0.2, -0.15) is 11.8 Å². The molecule has 1 heterocycles. The number of nitrogens with two attached hydrogens (primary N) is 1. The topological polar surface area (TPSA) is 256 Å². The molecular formula is C45H66N8O9S. The monoisotopic (exact) mass is 894 g/mol. The van der Waals surface area contributed by atoms with E-state index in [-0.39, 0.29) is 67.7 Å². The molecule has 1 aliphatic rings. The van der Waals surface area contributed by atoms with Crippen LogP contribution >= 0.6 is 11.8 Å². The molecule has 4 atom stereocenters. The second kappa shape index (κ2) is 28.9. The number of anilines is 2. The van der Waals surface area contributed by atoms with Gasteiger partial charge in [0.1, 0.15) is 24.2 Å². The predicted molar refractivity (Wildman–Crippen MR) is 243 cm³/mol. The lowest BCUT2D eigenvalue weighted by Gasteiger charge is -2.25. The van der Waals surface area contributed by atoms with Crippen molar-refractivity contribution in [3.8, 4) is 0 Å². The molecule has 1 saturated heterocycles. The highest BCUT2D eigenvalue weighted by Crippen LogP contribution is 2.19. The van der Waals surface area contributed by atoms with Crippen LogP contribution in [0.1, 0.15) is 110 Å². The first kappa shape index (κ1) is 51.7. The number of thioether (sulfide) groups is 1. The van der Waals surface area contributed by atoms with Gasteiger partial charge < -0.3 is 47.7 Å². The summed E-state index contributed by atoms with van der Waals surface area (Å²) in [6.07, 6.45) is 6.42. The number of benzene rings is 2. The first-order valence-corrected chi connectivity index (χ1v) is 23.1. The molecule has 8 amide bonds. The minimum absolute atomic E-state index is 0.175. The lowest BCUT2D eigenvalue weighted by Crippen LogP contribution is -2.54. The molecule has 63 heavy (non-hydrogen) atoms. The van der Waals surface area contributed by atoms with Crippen molar-refractivity contribution in [2.45, 2.75) is 134 Å². The molecule has 346 valence electrons. The van der Waals surface area contributed by atoms with Crippen LogP contribution in [0.25, 0.3) is 0 Å². The van der Waals surface area contributed by atoms with E-state index >= 15 is 0 Å². The number of hydrogen-bond donors (Lipinski definition) is 8. The van der Waals surface area contributed by atoms with E-state index in [4.69, 9.17) is 10.5 Å². The molecule has 0 spiro atoms. The Morgan fingerprint density at radius 2 is 1.40 bits per heavy atom. The van der Waals surface area contributed by atoms with E-state index in [0.29, 0.717) is 56.5 Å². The fourth-order valence-corrected chi connectivity index (χ4v) is 7.71. The lowest BCUT2D eigenvalue weighted by molar-refractivity contribution is -0.143. The number of primary amides is 1. The molecule has 0 saturated carbocycles. The van der Waals surface area contributed by atoms with Gasteiger partial charge in [0.05, 0.1) is 6.61 Å². The molecule has 18 heteroatoms. The molecule has 1 fully saturated rings. The number of esters is 1. The van der Waals surface area contributed by atoms with Crippen molar-refractivity contribution in [2.24, 2.45) is 11.7 Å². The molecule has 2 aromatic carbocycles. The summed E-state index contributed by atoms with van der Waals surface area (Å²) in [5.74, 6) is -1.04. The van der Waals surface area contributed by atoms with Crippen molar-refractivity contribution in [2.75, 3.05) is 29.5 Å². The van der Waals surface area contributed by atoms with Gasteiger partial charge in [0.2, 0.25) is 35.4 Å². The van der Waals surface area contributed by atoms with E-state index < -0.39 is 42.0 Å². The SMILES string of the molecule is CCOC(=O)CCCCCC(=O)N[C@H](C(=O)N[C@@H](CCCNC(N)=O)C(=O)Nc1ccc(CSCCCCC[C@H](NC(=O)[C@H]2CCC(=O)N2)C(=O)Nc2ccccc2)cc1)C(C)C. The summed E-state index contributed by atoms with van der Waals surface area (Å²) in [6.45, 7) is 5.87. The summed E-state index contributed by atoms with van der Waals surface area (Å²) in [5, 5.41) is 19.3. The van der Waals surface area contributed by atoms with E-state index in [0.717, 1.165) is 36.3 Å². The summed E-state index contributed by atoms with van der Waals surface area (Å²) in [5.41, 5.74) is 7.42. The van der Waals surface area contributed by atoms with Crippen LogP contribution in [0.4, 0.5) is 16.2 Å². The summed E-state index contributed by atoms with van der Waals surface area (Å²) < 4.78 is 4.93. The number of nitrogens with one attached hydrogen (secondary N) is 7. The molecule has 3 rings (SSSR count). The van der Waals surface area contributed by atoms with Crippen molar-refractivity contribution in [3.63, 3.8) is 0 Å². The fourth-order valence-electron chi connectivity index (χ4n) is 6.73. The van der Waals surface area contributed by atoms with Crippen LogP contribution in [0.5, 0.6) is 0 Å². The smallest absolute Gasteiger partial charge is 0.312 e. The number of carbonyl (C=O) groups excluding carboxylic acids is 8. The Balaban J connectivity index is 1.46. The van der Waals surface area contributed by atoms with Gasteiger partial charge in [-0.1, -0.05) is 63.4 Å². The molecule has 0 unspecified atom stereocenters. The van der Waals surface area contributed by atoms with Crippen molar-refractivity contribution >= 4 is 70.6 Å². The molecule has 9 N–H and O–H groups in total. The van der Waals surface area contributed by atoms with Crippen LogP contribution in [0, 0.1) is 5.92 Å². The lowest BCUT2D eigenvalue weighted by atomic mass is 10.0. The van der Waals surface area contributed by atoms with E-state index in [2.05, 4.69) is 37.2 Å². The zero-order chi connectivity index (χ0) is 46.0. The highest BCUT2D eigenvalue weighted by molar-refractivity contribution is 7.98. The number of ether oxygens (including phenoxy) is 1. The van der Waals surface area contributed by atoms with Gasteiger partial charge in [0.25, 0.3) is 0 Å². The number of hydrogen-bond acceptors (Lipinski definition) is 10. The van der Waals surface area contributed by atoms with Crippen molar-refractivity contribution in [1.82, 2.24) is 26.6 Å². The molecule has 0 radical (unpaired) electrons. The maximum absolute atomic E-state index is 13.5. The third-order valence-corrected chi connectivity index (χ3v) is 11.3. The average molecular weight is 895 g/mol. The summed E-state index contributed by atoms with van der Waals surface area (Å²) in [7, 11) is 0. The Morgan fingerprint density at radius 1 is 0.762 bits per heavy atom. The predicted octanol–water partition coefficient (Wildman–Crippen LogP) is 4.41. The number of para-hydroxylation sites is 1. The third kappa shape index (κ3) is 20.8. The summed E-state index contributed by atoms with van der Waals surface area (Å²) in [4.78, 5) is 100. The van der Waals surface area contributed by atoms with E-state index in [1.54, 1.807) is 56.8 Å². The van der Waals surface area contributed by atoms with Crippen LogP contribution in [-0.2, 0) is 44.1 Å².